The summed E-state index contributed by atoms with van der Waals surface area (Å²) in [5.41, 5.74) is 7.89. The predicted molar refractivity (Wildman–Crippen MR) is 302 cm³/mol. The maximum absolute atomic E-state index is 11.8. The standard InChI is InChI=1S/2C32H30O8/c1-5-30(33)38-18-16-36-28-15-12-26(21-29(28)37-17-19-39-31(34)6-2)25-9-7-8-24(20-25)23-10-13-27(14-11-23)40-32(35)22(3)4;1-5-30(33)38-16-14-36-28-19-26(20-29(21-28)37-15-17-39-31(34)6-2)25-9-7-8-24(18-25)23-10-12-27(13-11-23)40-32(35)22(3)4/h5-15,20-21H,1-3,16-19H2,4H3;5-13,18-21H,1-3,14-17H2,4H3. The molecule has 0 radical (unpaired) electrons. The second-order valence-corrected chi connectivity index (χ2v) is 16.8. The Balaban J connectivity index is 0.000000294. The monoisotopic (exact) mass is 1080 g/mol. The van der Waals surface area contributed by atoms with Crippen LogP contribution in [0.4, 0.5) is 0 Å². The molecule has 0 bridgehead atoms. The third kappa shape index (κ3) is 20.1. The van der Waals surface area contributed by atoms with E-state index in [1.807, 2.05) is 97.1 Å². The highest BCUT2D eigenvalue weighted by atomic mass is 16.6. The third-order valence-corrected chi connectivity index (χ3v) is 10.7. The van der Waals surface area contributed by atoms with Crippen molar-refractivity contribution in [2.45, 2.75) is 13.8 Å². The predicted octanol–water partition coefficient (Wildman–Crippen LogP) is 11.4. The van der Waals surface area contributed by atoms with E-state index >= 15 is 0 Å². The van der Waals surface area contributed by atoms with E-state index in [0.29, 0.717) is 45.6 Å². The lowest BCUT2D eigenvalue weighted by molar-refractivity contribution is -0.139. The summed E-state index contributed by atoms with van der Waals surface area (Å²) in [6.45, 7) is 24.4. The van der Waals surface area contributed by atoms with E-state index in [1.54, 1.807) is 50.2 Å². The first kappa shape index (κ1) is 60.6. The summed E-state index contributed by atoms with van der Waals surface area (Å²) in [6.07, 6.45) is 4.33. The van der Waals surface area contributed by atoms with Crippen LogP contribution >= 0.6 is 0 Å². The summed E-state index contributed by atoms with van der Waals surface area (Å²) in [5.74, 6) is -0.383. The van der Waals surface area contributed by atoms with E-state index in [9.17, 15) is 28.8 Å². The Hall–Kier alpha value is -10.2. The molecule has 0 amide bonds. The lowest BCUT2D eigenvalue weighted by Gasteiger charge is -2.15. The zero-order valence-electron chi connectivity index (χ0n) is 44.4. The van der Waals surface area contributed by atoms with Crippen molar-refractivity contribution in [3.8, 4) is 79.0 Å². The Bertz CT molecular complexity index is 3160. The number of hydrogen-bond donors (Lipinski definition) is 0. The van der Waals surface area contributed by atoms with Crippen molar-refractivity contribution in [1.29, 1.82) is 0 Å². The Morgan fingerprint density at radius 2 is 0.662 bits per heavy atom. The van der Waals surface area contributed by atoms with Gasteiger partial charge in [0, 0.05) is 41.5 Å². The average Bonchev–Trinajstić information content (AvgIpc) is 3.48. The fourth-order valence-corrected chi connectivity index (χ4v) is 6.83. The van der Waals surface area contributed by atoms with E-state index in [-0.39, 0.29) is 52.9 Å². The average molecular weight is 1090 g/mol. The molecule has 0 spiro atoms. The second kappa shape index (κ2) is 31.7. The highest BCUT2D eigenvalue weighted by Gasteiger charge is 2.14. The third-order valence-electron chi connectivity index (χ3n) is 10.7. The van der Waals surface area contributed by atoms with Crippen LogP contribution in [0, 0.1) is 0 Å². The summed E-state index contributed by atoms with van der Waals surface area (Å²) in [6, 6.07) is 41.0. The first-order valence-corrected chi connectivity index (χ1v) is 24.7. The Morgan fingerprint density at radius 1 is 0.338 bits per heavy atom. The van der Waals surface area contributed by atoms with Crippen LogP contribution in [0.3, 0.4) is 0 Å². The molecule has 16 heteroatoms. The largest absolute Gasteiger partial charge is 0.490 e. The van der Waals surface area contributed by atoms with Gasteiger partial charge >= 0.3 is 35.8 Å². The van der Waals surface area contributed by atoms with Gasteiger partial charge in [-0.1, -0.05) is 106 Å². The van der Waals surface area contributed by atoms with Gasteiger partial charge in [0.15, 0.2) is 11.5 Å². The van der Waals surface area contributed by atoms with Crippen LogP contribution in [-0.4, -0.2) is 88.7 Å². The molecule has 0 saturated carbocycles. The van der Waals surface area contributed by atoms with Crippen molar-refractivity contribution < 1.29 is 76.1 Å². The number of benzene rings is 6. The molecule has 0 saturated heterocycles. The van der Waals surface area contributed by atoms with Crippen molar-refractivity contribution in [3.05, 3.63) is 208 Å². The summed E-state index contributed by atoms with van der Waals surface area (Å²) in [4.78, 5) is 68.7. The molecule has 0 unspecified atom stereocenters. The van der Waals surface area contributed by atoms with Crippen molar-refractivity contribution in [2.75, 3.05) is 52.9 Å². The van der Waals surface area contributed by atoms with E-state index in [1.165, 1.54) is 0 Å². The minimum atomic E-state index is -0.545. The van der Waals surface area contributed by atoms with Crippen molar-refractivity contribution in [2.24, 2.45) is 0 Å². The highest BCUT2D eigenvalue weighted by molar-refractivity contribution is 5.89. The van der Waals surface area contributed by atoms with Gasteiger partial charge in [-0.15, -0.1) is 0 Å². The highest BCUT2D eigenvalue weighted by Crippen LogP contribution is 2.36. The molecule has 0 aliphatic rings. The van der Waals surface area contributed by atoms with Gasteiger partial charge in [0.2, 0.25) is 0 Å². The topological polar surface area (TPSA) is 195 Å². The quantitative estimate of drug-likeness (QED) is 0.0148. The van der Waals surface area contributed by atoms with Gasteiger partial charge in [-0.05, 0) is 119 Å². The zero-order chi connectivity index (χ0) is 57.8. The maximum atomic E-state index is 11.8. The molecule has 0 aromatic heterocycles. The summed E-state index contributed by atoms with van der Waals surface area (Å²) < 4.78 is 53.7. The van der Waals surface area contributed by atoms with Crippen LogP contribution in [0.2, 0.25) is 0 Å². The van der Waals surface area contributed by atoms with Crippen LogP contribution in [0.5, 0.6) is 34.5 Å². The molecule has 0 fully saturated rings. The molecule has 0 heterocycles. The van der Waals surface area contributed by atoms with Crippen LogP contribution in [0.1, 0.15) is 13.8 Å². The second-order valence-electron chi connectivity index (χ2n) is 16.8. The van der Waals surface area contributed by atoms with Crippen LogP contribution in [-0.2, 0) is 47.7 Å². The fraction of sp³-hybridized carbons (Fsp3) is 0.156. The molecule has 412 valence electrons. The molecule has 0 N–H and O–H groups in total. The Kier molecular flexibility index (Phi) is 24.1. The molecule has 0 atom stereocenters. The molecule has 6 aromatic carbocycles. The van der Waals surface area contributed by atoms with Crippen LogP contribution in [0.25, 0.3) is 44.5 Å². The van der Waals surface area contributed by atoms with E-state index in [2.05, 4.69) is 39.5 Å². The van der Waals surface area contributed by atoms with Gasteiger partial charge in [-0.3, -0.25) is 0 Å². The number of hydrogen-bond acceptors (Lipinski definition) is 16. The molecule has 6 aromatic rings. The van der Waals surface area contributed by atoms with E-state index < -0.39 is 35.8 Å². The van der Waals surface area contributed by atoms with Gasteiger partial charge in [0.1, 0.15) is 75.9 Å². The number of esters is 6. The van der Waals surface area contributed by atoms with Crippen LogP contribution in [0.15, 0.2) is 208 Å². The Morgan fingerprint density at radius 3 is 1.04 bits per heavy atom. The maximum Gasteiger partial charge on any atom is 0.338 e. The molecular weight excluding hydrogens is 1020 g/mol. The smallest absolute Gasteiger partial charge is 0.338 e. The summed E-state index contributed by atoms with van der Waals surface area (Å²) in [5, 5.41) is 0. The van der Waals surface area contributed by atoms with E-state index in [4.69, 9.17) is 47.4 Å². The van der Waals surface area contributed by atoms with Gasteiger partial charge in [-0.25, -0.2) is 28.8 Å². The molecule has 6 rings (SSSR count). The molecule has 0 aliphatic carbocycles. The lowest BCUT2D eigenvalue weighted by atomic mass is 9.98. The minimum absolute atomic E-state index is 0.0264. The van der Waals surface area contributed by atoms with Crippen molar-refractivity contribution in [3.63, 3.8) is 0 Å². The first-order valence-electron chi connectivity index (χ1n) is 24.7. The number of carbonyl (C=O) groups excluding carboxylic acids is 6. The zero-order valence-corrected chi connectivity index (χ0v) is 44.4. The van der Waals surface area contributed by atoms with Crippen molar-refractivity contribution in [1.82, 2.24) is 0 Å². The van der Waals surface area contributed by atoms with Gasteiger partial charge < -0.3 is 47.4 Å². The molecular formula is C64H60O16. The van der Waals surface area contributed by atoms with Crippen LogP contribution < -0.4 is 28.4 Å². The lowest BCUT2D eigenvalue weighted by Crippen LogP contribution is -2.12. The van der Waals surface area contributed by atoms with Crippen molar-refractivity contribution >= 4 is 35.8 Å². The van der Waals surface area contributed by atoms with Gasteiger partial charge in [-0.2, -0.15) is 0 Å². The van der Waals surface area contributed by atoms with Gasteiger partial charge in [0.25, 0.3) is 0 Å². The van der Waals surface area contributed by atoms with E-state index in [0.717, 1.165) is 68.8 Å². The minimum Gasteiger partial charge on any atom is -0.490 e. The first-order chi connectivity index (χ1) is 38.6. The Labute approximate surface area is 464 Å². The van der Waals surface area contributed by atoms with Gasteiger partial charge in [0.05, 0.1) is 0 Å². The summed E-state index contributed by atoms with van der Waals surface area (Å²) in [7, 11) is 0. The normalized spacial score (nSPS) is 10.1. The number of rotatable bonds is 28. The molecule has 16 nitrogen and oxygen atoms in total. The molecule has 0 aliphatic heterocycles. The SMILES string of the molecule is C=CC(=O)OCCOc1cc(OCCOC(=O)C=C)cc(-c2cccc(-c3ccc(OC(=O)C(=C)C)cc3)c2)c1.C=CC(=O)OCCOc1ccc(-c2cccc(-c3ccc(OC(=O)C(=C)C)cc3)c2)cc1OCCOC(=O)C=C. The summed E-state index contributed by atoms with van der Waals surface area (Å²) >= 11 is 0. The fourth-order valence-electron chi connectivity index (χ4n) is 6.83. The molecule has 80 heavy (non-hydrogen) atoms. The number of carbonyl (C=O) groups is 6. The number of ether oxygens (including phenoxy) is 10.